The van der Waals surface area contributed by atoms with Gasteiger partial charge in [0, 0.05) is 19.3 Å². The van der Waals surface area contributed by atoms with Gasteiger partial charge in [0.25, 0.3) is 0 Å². The van der Waals surface area contributed by atoms with Crippen LogP contribution in [0, 0.1) is 5.82 Å². The average molecular weight is 194 g/mol. The number of anilines is 1. The smallest absolute Gasteiger partial charge is 0.240 e. The second-order valence-corrected chi connectivity index (χ2v) is 3.33. The zero-order valence-corrected chi connectivity index (χ0v) is 7.88. The van der Waals surface area contributed by atoms with Gasteiger partial charge >= 0.3 is 0 Å². The number of hydrogen-bond donors (Lipinski definition) is 1. The number of benzene rings is 1. The summed E-state index contributed by atoms with van der Waals surface area (Å²) in [5, 5.41) is 2.95. The predicted molar refractivity (Wildman–Crippen MR) is 51.5 cm³/mol. The van der Waals surface area contributed by atoms with Gasteiger partial charge in [0.1, 0.15) is 5.82 Å². The van der Waals surface area contributed by atoms with Crippen molar-refractivity contribution in [3.8, 4) is 0 Å². The summed E-state index contributed by atoms with van der Waals surface area (Å²) in [5.74, 6) is -0.274. The molecule has 1 amide bonds. The topological polar surface area (TPSA) is 32.3 Å². The Morgan fingerprint density at radius 1 is 1.43 bits per heavy atom. The number of carbonyl (C=O) groups excluding carboxylic acids is 1. The van der Waals surface area contributed by atoms with Gasteiger partial charge in [0.15, 0.2) is 0 Å². The summed E-state index contributed by atoms with van der Waals surface area (Å²) in [5.41, 5.74) is 1.60. The average Bonchev–Trinajstić information content (AvgIpc) is 2.28. The Hall–Kier alpha value is -1.42. The van der Waals surface area contributed by atoms with E-state index in [4.69, 9.17) is 0 Å². The van der Waals surface area contributed by atoms with Crippen LogP contribution in [0.3, 0.4) is 0 Å². The van der Waals surface area contributed by atoms with Gasteiger partial charge in [-0.15, -0.1) is 0 Å². The number of rotatable bonds is 0. The minimum atomic E-state index is -0.270. The van der Waals surface area contributed by atoms with E-state index >= 15 is 0 Å². The molecule has 1 N–H and O–H groups in total. The number of nitrogens with one attached hydrogen (secondary N) is 1. The normalized spacial score (nSPS) is 16.4. The van der Waals surface area contributed by atoms with Crippen molar-refractivity contribution in [3.05, 3.63) is 29.6 Å². The first kappa shape index (κ1) is 9.15. The van der Waals surface area contributed by atoms with Crippen molar-refractivity contribution in [2.75, 3.05) is 18.5 Å². The van der Waals surface area contributed by atoms with Crippen molar-refractivity contribution < 1.29 is 9.18 Å². The number of likely N-dealkylation sites (N-methyl/N-ethyl adjacent to an activating group) is 1. The third-order valence-corrected chi connectivity index (χ3v) is 2.37. The molecule has 1 heterocycles. The Morgan fingerprint density at radius 3 is 3.00 bits per heavy atom. The molecular formula is C10H11FN2O. The molecule has 0 bridgehead atoms. The molecule has 0 unspecified atom stereocenters. The Bertz CT molecular complexity index is 378. The highest BCUT2D eigenvalue weighted by molar-refractivity contribution is 5.95. The van der Waals surface area contributed by atoms with Crippen LogP contribution in [0.5, 0.6) is 0 Å². The fourth-order valence-electron chi connectivity index (χ4n) is 1.58. The quantitative estimate of drug-likeness (QED) is 0.665. The largest absolute Gasteiger partial charge is 0.314 e. The molecule has 0 aliphatic carbocycles. The van der Waals surface area contributed by atoms with E-state index in [1.54, 1.807) is 18.0 Å². The number of nitrogens with zero attached hydrogens (tertiary/aromatic N) is 1. The van der Waals surface area contributed by atoms with Crippen LogP contribution in [0.25, 0.3) is 0 Å². The van der Waals surface area contributed by atoms with E-state index in [1.807, 2.05) is 0 Å². The Balaban J connectivity index is 2.48. The van der Waals surface area contributed by atoms with Gasteiger partial charge in [0.2, 0.25) is 5.91 Å². The molecule has 0 radical (unpaired) electrons. The van der Waals surface area contributed by atoms with Crippen LogP contribution in [0.2, 0.25) is 0 Å². The molecule has 1 aliphatic rings. The second kappa shape index (κ2) is 3.38. The third kappa shape index (κ3) is 1.48. The SMILES string of the molecule is CN1C(=O)CNCc2cc(F)ccc21. The summed E-state index contributed by atoms with van der Waals surface area (Å²) in [6.07, 6.45) is 0. The predicted octanol–water partition coefficient (Wildman–Crippen LogP) is 0.892. The molecule has 14 heavy (non-hydrogen) atoms. The van der Waals surface area contributed by atoms with Gasteiger partial charge < -0.3 is 10.2 Å². The highest BCUT2D eigenvalue weighted by Crippen LogP contribution is 2.22. The van der Waals surface area contributed by atoms with Crippen LogP contribution >= 0.6 is 0 Å². The summed E-state index contributed by atoms with van der Waals surface area (Å²) in [6, 6.07) is 4.46. The van der Waals surface area contributed by atoms with Gasteiger partial charge in [-0.2, -0.15) is 0 Å². The molecule has 0 saturated carbocycles. The fraction of sp³-hybridized carbons (Fsp3) is 0.300. The Labute approximate surface area is 81.5 Å². The number of hydrogen-bond acceptors (Lipinski definition) is 2. The number of halogens is 1. The third-order valence-electron chi connectivity index (χ3n) is 2.37. The molecular weight excluding hydrogens is 183 g/mol. The second-order valence-electron chi connectivity index (χ2n) is 3.33. The first-order valence-corrected chi connectivity index (χ1v) is 4.44. The minimum absolute atomic E-state index is 0.00430. The molecule has 1 aromatic rings. The van der Waals surface area contributed by atoms with Crippen molar-refractivity contribution in [1.29, 1.82) is 0 Å². The standard InChI is InChI=1S/C10H11FN2O/c1-13-9-3-2-8(11)4-7(9)5-12-6-10(13)14/h2-4,12H,5-6H2,1H3. The lowest BCUT2D eigenvalue weighted by molar-refractivity contribution is -0.117. The Kier molecular flexibility index (Phi) is 2.21. The lowest BCUT2D eigenvalue weighted by Crippen LogP contribution is -2.32. The lowest BCUT2D eigenvalue weighted by atomic mass is 10.1. The van der Waals surface area contributed by atoms with E-state index in [-0.39, 0.29) is 11.7 Å². The summed E-state index contributed by atoms with van der Waals surface area (Å²) >= 11 is 0. The van der Waals surface area contributed by atoms with Gasteiger partial charge in [-0.1, -0.05) is 0 Å². The van der Waals surface area contributed by atoms with Crippen molar-refractivity contribution >= 4 is 11.6 Å². The maximum atomic E-state index is 12.9. The molecule has 1 aliphatic heterocycles. The summed E-state index contributed by atoms with van der Waals surface area (Å²) < 4.78 is 12.9. The number of carbonyl (C=O) groups is 1. The first-order chi connectivity index (χ1) is 6.68. The number of fused-ring (bicyclic) bond motifs is 1. The summed E-state index contributed by atoms with van der Waals surface area (Å²) in [4.78, 5) is 13.0. The monoisotopic (exact) mass is 194 g/mol. The van der Waals surface area contributed by atoms with Crippen molar-refractivity contribution in [2.45, 2.75) is 6.54 Å². The molecule has 1 aromatic carbocycles. The van der Waals surface area contributed by atoms with E-state index in [1.165, 1.54) is 12.1 Å². The van der Waals surface area contributed by atoms with E-state index in [9.17, 15) is 9.18 Å². The first-order valence-electron chi connectivity index (χ1n) is 4.44. The van der Waals surface area contributed by atoms with Crippen LogP contribution in [0.15, 0.2) is 18.2 Å². The molecule has 2 rings (SSSR count). The number of amides is 1. The van der Waals surface area contributed by atoms with Crippen LogP contribution in [-0.2, 0) is 11.3 Å². The lowest BCUT2D eigenvalue weighted by Gasteiger charge is -2.16. The molecule has 0 fully saturated rings. The van der Waals surface area contributed by atoms with Crippen LogP contribution < -0.4 is 10.2 Å². The zero-order chi connectivity index (χ0) is 10.1. The highest BCUT2D eigenvalue weighted by atomic mass is 19.1. The molecule has 0 atom stereocenters. The molecule has 0 spiro atoms. The highest BCUT2D eigenvalue weighted by Gasteiger charge is 2.18. The van der Waals surface area contributed by atoms with Crippen molar-refractivity contribution in [1.82, 2.24) is 5.32 Å². The fourth-order valence-corrected chi connectivity index (χ4v) is 1.58. The van der Waals surface area contributed by atoms with Gasteiger partial charge in [-0.05, 0) is 23.8 Å². The molecule has 74 valence electrons. The molecule has 3 nitrogen and oxygen atoms in total. The van der Waals surface area contributed by atoms with E-state index in [0.717, 1.165) is 11.3 Å². The van der Waals surface area contributed by atoms with Crippen molar-refractivity contribution in [2.24, 2.45) is 0 Å². The van der Waals surface area contributed by atoms with Crippen LogP contribution in [0.4, 0.5) is 10.1 Å². The minimum Gasteiger partial charge on any atom is -0.314 e. The van der Waals surface area contributed by atoms with Gasteiger partial charge in [-0.3, -0.25) is 4.79 Å². The van der Waals surface area contributed by atoms with Crippen LogP contribution in [-0.4, -0.2) is 19.5 Å². The van der Waals surface area contributed by atoms with E-state index in [0.29, 0.717) is 13.1 Å². The molecule has 4 heteroatoms. The van der Waals surface area contributed by atoms with Gasteiger partial charge in [-0.25, -0.2) is 4.39 Å². The maximum Gasteiger partial charge on any atom is 0.240 e. The van der Waals surface area contributed by atoms with Gasteiger partial charge in [0.05, 0.1) is 6.54 Å². The Morgan fingerprint density at radius 2 is 2.21 bits per heavy atom. The maximum absolute atomic E-state index is 12.9. The van der Waals surface area contributed by atoms with E-state index in [2.05, 4.69) is 5.32 Å². The molecule has 0 saturated heterocycles. The van der Waals surface area contributed by atoms with Crippen LogP contribution in [0.1, 0.15) is 5.56 Å². The summed E-state index contributed by atoms with van der Waals surface area (Å²) in [6.45, 7) is 0.829. The molecule has 0 aromatic heterocycles. The zero-order valence-electron chi connectivity index (χ0n) is 7.88. The summed E-state index contributed by atoms with van der Waals surface area (Å²) in [7, 11) is 1.70. The van der Waals surface area contributed by atoms with Crippen molar-refractivity contribution in [3.63, 3.8) is 0 Å². The van der Waals surface area contributed by atoms with E-state index < -0.39 is 0 Å².